The number of piperidine rings is 1. The number of para-hydroxylation sites is 2. The van der Waals surface area contributed by atoms with Crippen molar-refractivity contribution in [3.8, 4) is 5.75 Å². The highest BCUT2D eigenvalue weighted by Gasteiger charge is 2.32. The molecule has 0 amide bonds. The summed E-state index contributed by atoms with van der Waals surface area (Å²) >= 11 is 0. The maximum Gasteiger partial charge on any atom is 0.341 e. The van der Waals surface area contributed by atoms with Crippen LogP contribution >= 0.6 is 0 Å². The van der Waals surface area contributed by atoms with E-state index in [1.807, 2.05) is 36.1 Å². The number of aromatic amines is 1. The molecule has 0 radical (unpaired) electrons. The van der Waals surface area contributed by atoms with Crippen molar-refractivity contribution in [2.75, 3.05) is 24.6 Å². The van der Waals surface area contributed by atoms with E-state index in [0.717, 1.165) is 35.8 Å². The quantitative estimate of drug-likeness (QED) is 0.476. The van der Waals surface area contributed by atoms with Crippen molar-refractivity contribution in [1.82, 2.24) is 14.5 Å². The van der Waals surface area contributed by atoms with Crippen LogP contribution in [0, 0.1) is 5.82 Å². The number of benzene rings is 2. The molecular weight excluding hydrogens is 439 g/mol. The van der Waals surface area contributed by atoms with E-state index in [-0.39, 0.29) is 29.5 Å². The minimum atomic E-state index is -1.33. The number of nitrogens with one attached hydrogen (secondary N) is 1. The lowest BCUT2D eigenvalue weighted by molar-refractivity contribution is 0.0694. The number of nitrogens with zero attached hydrogens (tertiary/aromatic N) is 3. The largest absolute Gasteiger partial charge is 0.487 e. The Kier molecular flexibility index (Phi) is 4.62. The number of imidazole rings is 1. The molecule has 2 N–H and O–H groups in total. The van der Waals surface area contributed by atoms with Gasteiger partial charge < -0.3 is 24.3 Å². The van der Waals surface area contributed by atoms with Crippen LogP contribution in [-0.2, 0) is 0 Å². The topological polar surface area (TPSA) is 100 Å². The van der Waals surface area contributed by atoms with Gasteiger partial charge in [0, 0.05) is 25.2 Å². The van der Waals surface area contributed by atoms with Gasteiger partial charge in [0.2, 0.25) is 5.43 Å². The molecule has 2 aliphatic rings. The number of aromatic nitrogens is 3. The Labute approximate surface area is 193 Å². The molecule has 2 aliphatic heterocycles. The number of H-pyrrole nitrogens is 1. The lowest BCUT2D eigenvalue weighted by Crippen LogP contribution is -2.35. The van der Waals surface area contributed by atoms with Crippen molar-refractivity contribution in [3.63, 3.8) is 0 Å². The molecule has 2 aromatic carbocycles. The molecule has 6 rings (SSSR count). The van der Waals surface area contributed by atoms with Crippen molar-refractivity contribution in [2.45, 2.75) is 31.7 Å². The van der Waals surface area contributed by atoms with E-state index in [1.165, 1.54) is 6.20 Å². The summed E-state index contributed by atoms with van der Waals surface area (Å²) in [5.74, 6) is -0.412. The fourth-order valence-corrected chi connectivity index (χ4v) is 5.20. The summed E-state index contributed by atoms with van der Waals surface area (Å²) in [6, 6.07) is 8.89. The number of aromatic carboxylic acids is 1. The van der Waals surface area contributed by atoms with Gasteiger partial charge in [0.15, 0.2) is 11.6 Å². The zero-order valence-corrected chi connectivity index (χ0v) is 18.5. The van der Waals surface area contributed by atoms with Crippen LogP contribution in [-0.4, -0.2) is 45.3 Å². The minimum absolute atomic E-state index is 0.0276. The molecule has 8 nitrogen and oxygen atoms in total. The zero-order valence-electron chi connectivity index (χ0n) is 18.5. The van der Waals surface area contributed by atoms with Gasteiger partial charge in [-0.3, -0.25) is 4.79 Å². The van der Waals surface area contributed by atoms with E-state index in [2.05, 4.69) is 4.98 Å². The van der Waals surface area contributed by atoms with E-state index in [1.54, 1.807) is 4.57 Å². The Bertz CT molecular complexity index is 1480. The first-order chi connectivity index (χ1) is 16.4. The predicted octanol–water partition coefficient (Wildman–Crippen LogP) is 4.05. The number of fused-ring (bicyclic) bond motifs is 1. The van der Waals surface area contributed by atoms with Crippen molar-refractivity contribution >= 4 is 33.6 Å². The summed E-state index contributed by atoms with van der Waals surface area (Å²) in [6.07, 6.45) is 2.93. The Morgan fingerprint density at radius 3 is 2.76 bits per heavy atom. The van der Waals surface area contributed by atoms with Gasteiger partial charge >= 0.3 is 5.97 Å². The van der Waals surface area contributed by atoms with Gasteiger partial charge in [-0.2, -0.15) is 0 Å². The number of hydrogen-bond acceptors (Lipinski definition) is 5. The minimum Gasteiger partial charge on any atom is -0.487 e. The SMILES string of the molecule is C[C@H]1COc2c(N3CCC(c4nc5ccccc5[nH]4)CC3)c(F)cc3c(=O)c(C(=O)O)cn1c23. The molecule has 0 bridgehead atoms. The lowest BCUT2D eigenvalue weighted by atomic mass is 9.95. The van der Waals surface area contributed by atoms with Gasteiger partial charge in [0.25, 0.3) is 0 Å². The fourth-order valence-electron chi connectivity index (χ4n) is 5.20. The molecule has 1 fully saturated rings. The number of ether oxygens (including phenoxy) is 1. The fraction of sp³-hybridized carbons (Fsp3) is 0.320. The normalized spacial score (nSPS) is 18.4. The first-order valence-corrected chi connectivity index (χ1v) is 11.4. The molecule has 1 atom stereocenters. The van der Waals surface area contributed by atoms with E-state index < -0.39 is 17.2 Å². The number of pyridine rings is 1. The Morgan fingerprint density at radius 2 is 2.03 bits per heavy atom. The van der Waals surface area contributed by atoms with Crippen molar-refractivity contribution in [1.29, 1.82) is 0 Å². The third kappa shape index (κ3) is 3.07. The molecule has 9 heteroatoms. The first-order valence-electron chi connectivity index (χ1n) is 11.4. The lowest BCUT2D eigenvalue weighted by Gasteiger charge is -2.36. The average Bonchev–Trinajstić information content (AvgIpc) is 3.27. The monoisotopic (exact) mass is 462 g/mol. The van der Waals surface area contributed by atoms with Gasteiger partial charge in [0.05, 0.1) is 28.0 Å². The third-order valence-corrected chi connectivity index (χ3v) is 6.98. The number of halogens is 1. The number of hydrogen-bond donors (Lipinski definition) is 2. The Morgan fingerprint density at radius 1 is 1.26 bits per heavy atom. The van der Waals surface area contributed by atoms with Crippen LogP contribution in [0.2, 0.25) is 0 Å². The molecule has 0 unspecified atom stereocenters. The summed E-state index contributed by atoms with van der Waals surface area (Å²) in [6.45, 7) is 3.34. The summed E-state index contributed by atoms with van der Waals surface area (Å²) < 4.78 is 23.1. The molecular formula is C25H23FN4O4. The molecule has 1 saturated heterocycles. The molecule has 4 heterocycles. The van der Waals surface area contributed by atoms with E-state index in [0.29, 0.717) is 30.0 Å². The van der Waals surface area contributed by atoms with Crippen LogP contribution in [0.15, 0.2) is 41.3 Å². The number of carboxylic acids is 1. The molecule has 34 heavy (non-hydrogen) atoms. The molecule has 2 aromatic heterocycles. The molecule has 0 spiro atoms. The molecule has 4 aromatic rings. The smallest absolute Gasteiger partial charge is 0.341 e. The van der Waals surface area contributed by atoms with Crippen molar-refractivity contribution in [2.24, 2.45) is 0 Å². The van der Waals surface area contributed by atoms with Crippen LogP contribution in [0.3, 0.4) is 0 Å². The highest BCUT2D eigenvalue weighted by molar-refractivity contribution is 5.97. The summed E-state index contributed by atoms with van der Waals surface area (Å²) in [5.41, 5.74) is 1.65. The van der Waals surface area contributed by atoms with Crippen LogP contribution < -0.4 is 15.1 Å². The van der Waals surface area contributed by atoms with Crippen molar-refractivity contribution < 1.29 is 19.0 Å². The van der Waals surface area contributed by atoms with Crippen molar-refractivity contribution in [3.05, 3.63) is 64.0 Å². The highest BCUT2D eigenvalue weighted by Crippen LogP contribution is 2.43. The standard InChI is InChI=1S/C25H23FN4O4/c1-13-12-34-23-20-15(22(31)16(25(32)33)11-30(13)20)10-17(26)21(23)29-8-6-14(7-9-29)24-27-18-4-2-3-5-19(18)28-24/h2-5,10-11,13-14H,6-9,12H2,1H3,(H,27,28)(H,32,33)/t13-/m0/s1. The molecule has 174 valence electrons. The second-order valence-corrected chi connectivity index (χ2v) is 9.08. The number of carboxylic acid groups (broad SMARTS) is 1. The van der Waals surface area contributed by atoms with Crippen LogP contribution in [0.25, 0.3) is 21.9 Å². The van der Waals surface area contributed by atoms with Gasteiger partial charge in [-0.25, -0.2) is 14.2 Å². The number of anilines is 1. The summed E-state index contributed by atoms with van der Waals surface area (Å²) in [4.78, 5) is 34.5. The van der Waals surface area contributed by atoms with E-state index in [9.17, 15) is 14.7 Å². The predicted molar refractivity (Wildman–Crippen MR) is 126 cm³/mol. The van der Waals surface area contributed by atoms with Gasteiger partial charge in [-0.05, 0) is 38.0 Å². The van der Waals surface area contributed by atoms with Gasteiger partial charge in [-0.15, -0.1) is 0 Å². The second-order valence-electron chi connectivity index (χ2n) is 9.08. The van der Waals surface area contributed by atoms with Gasteiger partial charge in [0.1, 0.15) is 23.7 Å². The first kappa shape index (κ1) is 20.7. The Hall–Kier alpha value is -3.88. The average molecular weight is 462 g/mol. The second kappa shape index (κ2) is 7.58. The summed E-state index contributed by atoms with van der Waals surface area (Å²) in [5, 5.41) is 9.48. The summed E-state index contributed by atoms with van der Waals surface area (Å²) in [7, 11) is 0. The number of rotatable bonds is 3. The Balaban J connectivity index is 1.38. The zero-order chi connectivity index (χ0) is 23.6. The third-order valence-electron chi connectivity index (χ3n) is 6.98. The van der Waals surface area contributed by atoms with Crippen LogP contribution in [0.5, 0.6) is 5.75 Å². The highest BCUT2D eigenvalue weighted by atomic mass is 19.1. The van der Waals surface area contributed by atoms with Crippen LogP contribution in [0.4, 0.5) is 10.1 Å². The number of carbonyl (C=O) groups is 1. The molecule has 0 aliphatic carbocycles. The molecule has 0 saturated carbocycles. The van der Waals surface area contributed by atoms with Crippen LogP contribution in [0.1, 0.15) is 47.9 Å². The maximum absolute atomic E-state index is 15.4. The van der Waals surface area contributed by atoms with E-state index >= 15 is 4.39 Å². The van der Waals surface area contributed by atoms with Gasteiger partial charge in [-0.1, -0.05) is 12.1 Å². The van der Waals surface area contributed by atoms with E-state index in [4.69, 9.17) is 9.72 Å². The maximum atomic E-state index is 15.4.